The van der Waals surface area contributed by atoms with Crippen molar-refractivity contribution < 1.29 is 13.2 Å². The van der Waals surface area contributed by atoms with Crippen molar-refractivity contribution in [3.05, 3.63) is 59.7 Å². The van der Waals surface area contributed by atoms with Crippen LogP contribution in [0.25, 0.3) is 0 Å². The molecule has 1 aliphatic carbocycles. The molecule has 0 unspecified atom stereocenters. The Morgan fingerprint density at radius 1 is 0.929 bits per heavy atom. The molecule has 0 atom stereocenters. The minimum atomic E-state index is -4.25. The Balaban J connectivity index is 1.56. The first-order chi connectivity index (χ1) is 13.5. The number of alkyl halides is 3. The summed E-state index contributed by atoms with van der Waals surface area (Å²) >= 11 is 0. The second-order valence-corrected chi connectivity index (χ2v) is 7.82. The second-order valence-electron chi connectivity index (χ2n) is 7.82. The van der Waals surface area contributed by atoms with E-state index in [1.165, 1.54) is 56.7 Å². The maximum Gasteiger partial charge on any atom is 0.416 e. The topological polar surface area (TPSA) is 23.8 Å². The van der Waals surface area contributed by atoms with Crippen molar-refractivity contribution in [2.75, 3.05) is 0 Å². The molecule has 0 aliphatic heterocycles. The molecule has 0 radical (unpaired) electrons. The lowest BCUT2D eigenvalue weighted by atomic mass is 9.78. The van der Waals surface area contributed by atoms with Crippen molar-refractivity contribution in [1.82, 2.24) is 0 Å². The lowest BCUT2D eigenvalue weighted by molar-refractivity contribution is -0.137. The standard InChI is InChI=1S/C24H30F3N/c25-24(26,27)23-17-15-22(16-18-23)10-6-5-9-21-13-11-20(12-14-21)8-4-2-1-3-7-19-28/h1-3,7,15-18,20-21H,4-6,8-14H2/b2-1+,7-3+. The third-order valence-electron chi connectivity index (χ3n) is 5.73. The Kier molecular flexibility index (Phi) is 9.34. The number of allylic oxidation sites excluding steroid dienone is 4. The van der Waals surface area contributed by atoms with E-state index >= 15 is 0 Å². The van der Waals surface area contributed by atoms with Gasteiger partial charge in [0.15, 0.2) is 0 Å². The predicted octanol–water partition coefficient (Wildman–Crippen LogP) is 7.64. The van der Waals surface area contributed by atoms with Crippen molar-refractivity contribution in [1.29, 1.82) is 5.26 Å². The van der Waals surface area contributed by atoms with E-state index in [0.717, 1.165) is 43.1 Å². The fourth-order valence-corrected chi connectivity index (χ4v) is 4.04. The minimum absolute atomic E-state index is 0.567. The van der Waals surface area contributed by atoms with E-state index in [2.05, 4.69) is 6.08 Å². The van der Waals surface area contributed by atoms with Gasteiger partial charge in [0, 0.05) is 6.08 Å². The summed E-state index contributed by atoms with van der Waals surface area (Å²) in [5.74, 6) is 1.64. The number of hydrogen-bond acceptors (Lipinski definition) is 1. The monoisotopic (exact) mass is 389 g/mol. The molecule has 4 heteroatoms. The Hall–Kier alpha value is -2.02. The lowest BCUT2D eigenvalue weighted by Gasteiger charge is -2.28. The maximum atomic E-state index is 12.6. The van der Waals surface area contributed by atoms with Gasteiger partial charge >= 0.3 is 6.18 Å². The van der Waals surface area contributed by atoms with Crippen LogP contribution >= 0.6 is 0 Å². The molecule has 0 aromatic heterocycles. The number of unbranched alkanes of at least 4 members (excludes halogenated alkanes) is 1. The molecule has 1 aromatic rings. The molecule has 0 bridgehead atoms. The molecule has 0 spiro atoms. The van der Waals surface area contributed by atoms with Crippen LogP contribution in [0.3, 0.4) is 0 Å². The zero-order valence-corrected chi connectivity index (χ0v) is 16.4. The SMILES string of the molecule is N#C/C=C/C=C/CCC1CCC(CCCCc2ccc(C(F)(F)F)cc2)CC1. The minimum Gasteiger partial charge on any atom is -0.193 e. The molecule has 152 valence electrons. The van der Waals surface area contributed by atoms with E-state index in [4.69, 9.17) is 5.26 Å². The summed E-state index contributed by atoms with van der Waals surface area (Å²) in [6.45, 7) is 0. The second kappa shape index (κ2) is 11.7. The van der Waals surface area contributed by atoms with Gasteiger partial charge in [0.2, 0.25) is 0 Å². The molecule has 1 nitrogen and oxygen atoms in total. The Bertz CT molecular complexity index is 657. The van der Waals surface area contributed by atoms with Crippen molar-refractivity contribution in [3.63, 3.8) is 0 Å². The third kappa shape index (κ3) is 8.33. The molecular weight excluding hydrogens is 359 g/mol. The first-order valence-corrected chi connectivity index (χ1v) is 10.4. The van der Waals surface area contributed by atoms with Crippen molar-refractivity contribution in [3.8, 4) is 6.07 Å². The van der Waals surface area contributed by atoms with Crippen LogP contribution in [-0.4, -0.2) is 0 Å². The van der Waals surface area contributed by atoms with Crippen LogP contribution in [0.2, 0.25) is 0 Å². The van der Waals surface area contributed by atoms with Crippen LogP contribution in [0.5, 0.6) is 0 Å². The molecule has 28 heavy (non-hydrogen) atoms. The van der Waals surface area contributed by atoms with Crippen molar-refractivity contribution in [2.45, 2.75) is 70.4 Å². The summed E-state index contributed by atoms with van der Waals surface area (Å²) in [4.78, 5) is 0. The van der Waals surface area contributed by atoms with Gasteiger partial charge < -0.3 is 0 Å². The molecule has 1 aliphatic rings. The summed E-state index contributed by atoms with van der Waals surface area (Å²) in [6, 6.07) is 7.57. The summed E-state index contributed by atoms with van der Waals surface area (Å²) in [7, 11) is 0. The van der Waals surface area contributed by atoms with Gasteiger partial charge in [0.1, 0.15) is 0 Å². The van der Waals surface area contributed by atoms with Gasteiger partial charge in [-0.1, -0.05) is 68.9 Å². The van der Waals surface area contributed by atoms with E-state index in [-0.39, 0.29) is 0 Å². The number of nitriles is 1. The molecule has 0 saturated heterocycles. The Morgan fingerprint density at radius 2 is 1.57 bits per heavy atom. The molecule has 1 fully saturated rings. The highest BCUT2D eigenvalue weighted by Gasteiger charge is 2.29. The van der Waals surface area contributed by atoms with Crippen LogP contribution < -0.4 is 0 Å². The zero-order chi connectivity index (χ0) is 20.2. The summed E-state index contributed by atoms with van der Waals surface area (Å²) in [5.41, 5.74) is 0.427. The summed E-state index contributed by atoms with van der Waals surface area (Å²) < 4.78 is 37.7. The predicted molar refractivity (Wildman–Crippen MR) is 108 cm³/mol. The summed E-state index contributed by atoms with van der Waals surface area (Å²) in [6.07, 6.45) is 15.0. The molecule has 0 heterocycles. The van der Waals surface area contributed by atoms with Gasteiger partial charge in [0.05, 0.1) is 11.6 Å². The summed E-state index contributed by atoms with van der Waals surface area (Å²) in [5, 5.41) is 8.42. The zero-order valence-electron chi connectivity index (χ0n) is 16.4. The lowest BCUT2D eigenvalue weighted by Crippen LogP contribution is -2.14. The highest BCUT2D eigenvalue weighted by molar-refractivity contribution is 5.24. The van der Waals surface area contributed by atoms with Crippen LogP contribution in [0.15, 0.2) is 48.6 Å². The largest absolute Gasteiger partial charge is 0.416 e. The number of aryl methyl sites for hydroxylation is 1. The fraction of sp³-hybridized carbons (Fsp3) is 0.542. The average molecular weight is 390 g/mol. The van der Waals surface area contributed by atoms with E-state index in [1.807, 2.05) is 12.1 Å². The smallest absolute Gasteiger partial charge is 0.193 e. The van der Waals surface area contributed by atoms with Gasteiger partial charge in [-0.3, -0.25) is 0 Å². The quantitative estimate of drug-likeness (QED) is 0.242. The maximum absolute atomic E-state index is 12.6. The molecular formula is C24H30F3N. The number of nitrogens with zero attached hydrogens (tertiary/aromatic N) is 1. The van der Waals surface area contributed by atoms with E-state index in [0.29, 0.717) is 0 Å². The van der Waals surface area contributed by atoms with Crippen molar-refractivity contribution in [2.24, 2.45) is 11.8 Å². The normalized spacial score (nSPS) is 20.6. The number of hydrogen-bond donors (Lipinski definition) is 0. The first-order valence-electron chi connectivity index (χ1n) is 10.4. The van der Waals surface area contributed by atoms with E-state index in [1.54, 1.807) is 18.2 Å². The molecule has 0 amide bonds. The third-order valence-corrected chi connectivity index (χ3v) is 5.73. The molecule has 0 N–H and O–H groups in total. The van der Waals surface area contributed by atoms with Gasteiger partial charge in [-0.05, 0) is 55.2 Å². The molecule has 1 aromatic carbocycles. The van der Waals surface area contributed by atoms with Gasteiger partial charge in [-0.15, -0.1) is 0 Å². The average Bonchev–Trinajstić information content (AvgIpc) is 2.69. The van der Waals surface area contributed by atoms with Crippen LogP contribution in [0.4, 0.5) is 13.2 Å². The van der Waals surface area contributed by atoms with Crippen LogP contribution in [-0.2, 0) is 12.6 Å². The first kappa shape index (κ1) is 22.3. The van der Waals surface area contributed by atoms with Gasteiger partial charge in [0.25, 0.3) is 0 Å². The fourth-order valence-electron chi connectivity index (χ4n) is 4.04. The van der Waals surface area contributed by atoms with E-state index < -0.39 is 11.7 Å². The van der Waals surface area contributed by atoms with Gasteiger partial charge in [-0.2, -0.15) is 18.4 Å². The van der Waals surface area contributed by atoms with Gasteiger partial charge in [-0.25, -0.2) is 0 Å². The van der Waals surface area contributed by atoms with Crippen molar-refractivity contribution >= 4 is 0 Å². The Labute approximate surface area is 167 Å². The van der Waals surface area contributed by atoms with E-state index in [9.17, 15) is 13.2 Å². The highest BCUT2D eigenvalue weighted by atomic mass is 19.4. The van der Waals surface area contributed by atoms with Crippen LogP contribution in [0, 0.1) is 23.2 Å². The molecule has 2 rings (SSSR count). The highest BCUT2D eigenvalue weighted by Crippen LogP contribution is 2.34. The molecule has 1 saturated carbocycles. The van der Waals surface area contributed by atoms with Crippen LogP contribution in [0.1, 0.15) is 68.9 Å². The number of benzene rings is 1. The number of halogens is 3. The Morgan fingerprint density at radius 3 is 2.18 bits per heavy atom. The number of rotatable bonds is 9.